The molecular weight excluding hydrogens is 264 g/mol. The van der Waals surface area contributed by atoms with Gasteiger partial charge in [0.1, 0.15) is 0 Å². The molecule has 1 aromatic carbocycles. The second-order valence-electron chi connectivity index (χ2n) is 4.78. The molecule has 0 heterocycles. The summed E-state index contributed by atoms with van der Waals surface area (Å²) in [6, 6.07) is 8.22. The molecule has 0 aliphatic rings. The molecule has 0 unspecified atom stereocenters. The van der Waals surface area contributed by atoms with Crippen molar-refractivity contribution in [2.75, 3.05) is 47.1 Å². The van der Waals surface area contributed by atoms with Crippen LogP contribution in [0.3, 0.4) is 0 Å². The number of nitrogens with zero attached hydrogens (tertiary/aromatic N) is 1. The van der Waals surface area contributed by atoms with Gasteiger partial charge in [-0.3, -0.25) is 4.90 Å². The van der Waals surface area contributed by atoms with Crippen molar-refractivity contribution >= 4 is 0 Å². The summed E-state index contributed by atoms with van der Waals surface area (Å²) in [7, 11) is 3.46. The molecule has 0 saturated heterocycles. The van der Waals surface area contributed by atoms with Crippen molar-refractivity contribution in [2.45, 2.75) is 13.0 Å². The predicted octanol–water partition coefficient (Wildman–Crippen LogP) is 1.48. The average molecular weight is 290 g/mol. The minimum atomic E-state index is 0.384. The molecule has 0 aliphatic heterocycles. The van der Waals surface area contributed by atoms with Gasteiger partial charge < -0.3 is 15.2 Å². The third kappa shape index (κ3) is 7.26. The zero-order chi connectivity index (χ0) is 15.3. The van der Waals surface area contributed by atoms with E-state index in [0.29, 0.717) is 6.54 Å². The molecule has 1 aromatic rings. The number of nitrogens with two attached hydrogens (primary N) is 1. The molecule has 0 atom stereocenters. The van der Waals surface area contributed by atoms with Crippen LogP contribution in [0, 0.1) is 11.8 Å². The molecule has 0 spiro atoms. The van der Waals surface area contributed by atoms with Gasteiger partial charge in [0.25, 0.3) is 0 Å². The molecule has 0 bridgehead atoms. The number of ether oxygens (including phenoxy) is 2. The first-order valence-corrected chi connectivity index (χ1v) is 7.29. The first-order chi connectivity index (χ1) is 10.3. The summed E-state index contributed by atoms with van der Waals surface area (Å²) >= 11 is 0. The molecule has 0 radical (unpaired) electrons. The first-order valence-electron chi connectivity index (χ1n) is 7.29. The summed E-state index contributed by atoms with van der Waals surface area (Å²) in [6.45, 7) is 4.63. The van der Waals surface area contributed by atoms with Gasteiger partial charge in [-0.1, -0.05) is 30.0 Å². The van der Waals surface area contributed by atoms with Gasteiger partial charge in [-0.05, 0) is 18.1 Å². The molecule has 116 valence electrons. The van der Waals surface area contributed by atoms with Gasteiger partial charge in [0.2, 0.25) is 0 Å². The number of hydrogen-bond donors (Lipinski definition) is 1. The topological polar surface area (TPSA) is 47.7 Å². The Labute approximate surface area is 128 Å². The maximum absolute atomic E-state index is 5.46. The SMILES string of the molecule is COCCCN(CCOC)Cc1ccccc1C#CCN. The standard InChI is InChI=1S/C17H26N2O2/c1-20-13-6-11-19(12-14-21-2)15-17-8-4-3-7-16(17)9-5-10-18/h3-4,7-8H,6,10-15,18H2,1-2H3. The Balaban J connectivity index is 2.71. The van der Waals surface area contributed by atoms with Gasteiger partial charge in [0.15, 0.2) is 0 Å². The summed E-state index contributed by atoms with van der Waals surface area (Å²) in [4.78, 5) is 2.37. The lowest BCUT2D eigenvalue weighted by Crippen LogP contribution is -2.29. The zero-order valence-corrected chi connectivity index (χ0v) is 13.1. The normalized spacial score (nSPS) is 10.5. The Morgan fingerprint density at radius 2 is 1.86 bits per heavy atom. The van der Waals surface area contributed by atoms with E-state index in [1.807, 2.05) is 18.2 Å². The highest BCUT2D eigenvalue weighted by Gasteiger charge is 2.08. The number of hydrogen-bond acceptors (Lipinski definition) is 4. The second-order valence-corrected chi connectivity index (χ2v) is 4.78. The van der Waals surface area contributed by atoms with Crippen LogP contribution in [-0.2, 0) is 16.0 Å². The Bertz CT molecular complexity index is 452. The van der Waals surface area contributed by atoms with Crippen LogP contribution in [0.1, 0.15) is 17.5 Å². The van der Waals surface area contributed by atoms with Crippen LogP contribution in [0.25, 0.3) is 0 Å². The lowest BCUT2D eigenvalue weighted by Gasteiger charge is -2.22. The molecule has 2 N–H and O–H groups in total. The minimum Gasteiger partial charge on any atom is -0.385 e. The third-order valence-electron chi connectivity index (χ3n) is 3.17. The fourth-order valence-corrected chi connectivity index (χ4v) is 2.09. The van der Waals surface area contributed by atoms with Gasteiger partial charge in [-0.15, -0.1) is 0 Å². The minimum absolute atomic E-state index is 0.384. The van der Waals surface area contributed by atoms with Crippen LogP contribution in [0.4, 0.5) is 0 Å². The predicted molar refractivity (Wildman–Crippen MR) is 86.0 cm³/mol. The fourth-order valence-electron chi connectivity index (χ4n) is 2.09. The van der Waals surface area contributed by atoms with E-state index in [1.165, 1.54) is 5.56 Å². The van der Waals surface area contributed by atoms with E-state index in [0.717, 1.165) is 44.8 Å². The van der Waals surface area contributed by atoms with Crippen LogP contribution in [0.15, 0.2) is 24.3 Å². The highest BCUT2D eigenvalue weighted by Crippen LogP contribution is 2.11. The molecule has 1 rings (SSSR count). The molecule has 0 aliphatic carbocycles. The molecule has 4 nitrogen and oxygen atoms in total. The van der Waals surface area contributed by atoms with Crippen molar-refractivity contribution in [2.24, 2.45) is 5.73 Å². The summed E-state index contributed by atoms with van der Waals surface area (Å²) in [5, 5.41) is 0. The van der Waals surface area contributed by atoms with Crippen molar-refractivity contribution in [3.05, 3.63) is 35.4 Å². The van der Waals surface area contributed by atoms with E-state index < -0.39 is 0 Å². The molecule has 0 fully saturated rings. The van der Waals surface area contributed by atoms with Crippen LogP contribution >= 0.6 is 0 Å². The Hall–Kier alpha value is -1.38. The van der Waals surface area contributed by atoms with Crippen molar-refractivity contribution in [3.8, 4) is 11.8 Å². The number of benzene rings is 1. The van der Waals surface area contributed by atoms with Crippen LogP contribution in [0.5, 0.6) is 0 Å². The summed E-state index contributed by atoms with van der Waals surface area (Å²) < 4.78 is 10.3. The van der Waals surface area contributed by atoms with E-state index in [9.17, 15) is 0 Å². The molecule has 0 saturated carbocycles. The van der Waals surface area contributed by atoms with E-state index in [-0.39, 0.29) is 0 Å². The van der Waals surface area contributed by atoms with Gasteiger partial charge in [0, 0.05) is 46.0 Å². The smallest absolute Gasteiger partial charge is 0.0589 e. The van der Waals surface area contributed by atoms with Crippen molar-refractivity contribution in [3.63, 3.8) is 0 Å². The fraction of sp³-hybridized carbons (Fsp3) is 0.529. The molecule has 21 heavy (non-hydrogen) atoms. The zero-order valence-electron chi connectivity index (χ0n) is 13.1. The van der Waals surface area contributed by atoms with Crippen molar-refractivity contribution < 1.29 is 9.47 Å². The Kier molecular flexibility index (Phi) is 9.51. The van der Waals surface area contributed by atoms with E-state index in [4.69, 9.17) is 15.2 Å². The first kappa shape index (κ1) is 17.7. The second kappa shape index (κ2) is 11.3. The maximum Gasteiger partial charge on any atom is 0.0589 e. The largest absolute Gasteiger partial charge is 0.385 e. The molecule has 0 aromatic heterocycles. The van der Waals surface area contributed by atoms with Gasteiger partial charge in [-0.25, -0.2) is 0 Å². The molecule has 4 heteroatoms. The lowest BCUT2D eigenvalue weighted by molar-refractivity contribution is 0.129. The highest BCUT2D eigenvalue weighted by atomic mass is 16.5. The van der Waals surface area contributed by atoms with E-state index in [2.05, 4.69) is 22.8 Å². The summed E-state index contributed by atoms with van der Waals surface area (Å²) in [6.07, 6.45) is 1.01. The Morgan fingerprint density at radius 3 is 2.57 bits per heavy atom. The number of rotatable bonds is 9. The van der Waals surface area contributed by atoms with E-state index >= 15 is 0 Å². The lowest BCUT2D eigenvalue weighted by atomic mass is 10.1. The van der Waals surface area contributed by atoms with E-state index in [1.54, 1.807) is 14.2 Å². The summed E-state index contributed by atoms with van der Waals surface area (Å²) in [5.41, 5.74) is 7.74. The van der Waals surface area contributed by atoms with Gasteiger partial charge in [0.05, 0.1) is 13.2 Å². The Morgan fingerprint density at radius 1 is 1.10 bits per heavy atom. The van der Waals surface area contributed by atoms with Gasteiger partial charge in [-0.2, -0.15) is 0 Å². The molecular formula is C17H26N2O2. The maximum atomic E-state index is 5.46. The summed E-state index contributed by atoms with van der Waals surface area (Å²) in [5.74, 6) is 6.07. The van der Waals surface area contributed by atoms with Crippen LogP contribution < -0.4 is 5.73 Å². The quantitative estimate of drug-likeness (QED) is 0.553. The average Bonchev–Trinajstić information content (AvgIpc) is 2.51. The third-order valence-corrected chi connectivity index (χ3v) is 3.17. The highest BCUT2D eigenvalue weighted by molar-refractivity contribution is 5.41. The monoisotopic (exact) mass is 290 g/mol. The van der Waals surface area contributed by atoms with Crippen LogP contribution in [-0.4, -0.2) is 52.0 Å². The van der Waals surface area contributed by atoms with Gasteiger partial charge >= 0.3 is 0 Å². The van der Waals surface area contributed by atoms with Crippen molar-refractivity contribution in [1.29, 1.82) is 0 Å². The molecule has 0 amide bonds. The van der Waals surface area contributed by atoms with Crippen LogP contribution in [0.2, 0.25) is 0 Å². The van der Waals surface area contributed by atoms with Crippen molar-refractivity contribution in [1.82, 2.24) is 4.90 Å². The number of methoxy groups -OCH3 is 2.